The van der Waals surface area contributed by atoms with Gasteiger partial charge in [-0.2, -0.15) is 0 Å². The largest absolute Gasteiger partial charge is 0.396 e. The molecule has 0 radical (unpaired) electrons. The molecule has 6 nitrogen and oxygen atoms in total. The van der Waals surface area contributed by atoms with E-state index < -0.39 is 9.84 Å². The van der Waals surface area contributed by atoms with E-state index in [9.17, 15) is 13.2 Å². The summed E-state index contributed by atoms with van der Waals surface area (Å²) < 4.78 is 23.3. The second kappa shape index (κ2) is 5.32. The fourth-order valence-electron chi connectivity index (χ4n) is 2.54. The van der Waals surface area contributed by atoms with E-state index in [4.69, 9.17) is 11.5 Å². The molecule has 7 heteroatoms. The average molecular weight is 297 g/mol. The van der Waals surface area contributed by atoms with Gasteiger partial charge in [0, 0.05) is 25.3 Å². The van der Waals surface area contributed by atoms with Crippen molar-refractivity contribution in [2.75, 3.05) is 30.0 Å². The predicted molar refractivity (Wildman–Crippen MR) is 78.1 cm³/mol. The quantitative estimate of drug-likeness (QED) is 0.784. The number of benzene rings is 1. The van der Waals surface area contributed by atoms with Crippen molar-refractivity contribution in [3.63, 3.8) is 0 Å². The first-order valence-corrected chi connectivity index (χ1v) is 8.32. The monoisotopic (exact) mass is 297 g/mol. The molecule has 1 saturated heterocycles. The lowest BCUT2D eigenvalue weighted by Gasteiger charge is -2.33. The summed E-state index contributed by atoms with van der Waals surface area (Å²) in [6, 6.07) is 4.99. The van der Waals surface area contributed by atoms with E-state index in [2.05, 4.69) is 0 Å². The van der Waals surface area contributed by atoms with Crippen LogP contribution >= 0.6 is 0 Å². The molecule has 0 bridgehead atoms. The standard InChI is InChI=1S/C13H19N3O3S/c1-20(18,19)11-4-2-3-10(12(11)14)16-7-5-9(6-8-16)13(15)17/h2-4,9H,5-8,14H2,1H3,(H2,15,17). The van der Waals surface area contributed by atoms with Gasteiger partial charge in [-0.15, -0.1) is 0 Å². The maximum Gasteiger partial charge on any atom is 0.220 e. The van der Waals surface area contributed by atoms with Crippen LogP contribution in [-0.2, 0) is 14.6 Å². The van der Waals surface area contributed by atoms with Gasteiger partial charge in [-0.05, 0) is 25.0 Å². The van der Waals surface area contributed by atoms with Gasteiger partial charge in [0.1, 0.15) is 0 Å². The minimum Gasteiger partial charge on any atom is -0.396 e. The Balaban J connectivity index is 2.25. The van der Waals surface area contributed by atoms with Crippen molar-refractivity contribution >= 4 is 27.1 Å². The molecule has 1 aromatic carbocycles. The third-order valence-electron chi connectivity index (χ3n) is 3.68. The normalized spacial score (nSPS) is 17.1. The Morgan fingerprint density at radius 1 is 1.30 bits per heavy atom. The molecule has 110 valence electrons. The number of rotatable bonds is 3. The molecule has 1 fully saturated rings. The van der Waals surface area contributed by atoms with Crippen LogP contribution in [0.4, 0.5) is 11.4 Å². The van der Waals surface area contributed by atoms with Gasteiger partial charge in [0.2, 0.25) is 5.91 Å². The molecule has 0 atom stereocenters. The molecular weight excluding hydrogens is 278 g/mol. The minimum absolute atomic E-state index is 0.106. The lowest BCUT2D eigenvalue weighted by molar-refractivity contribution is -0.122. The minimum atomic E-state index is -3.34. The summed E-state index contributed by atoms with van der Waals surface area (Å²) in [4.78, 5) is 13.3. The highest BCUT2D eigenvalue weighted by Gasteiger charge is 2.25. The SMILES string of the molecule is CS(=O)(=O)c1cccc(N2CCC(C(N)=O)CC2)c1N. The van der Waals surface area contributed by atoms with Crippen LogP contribution in [-0.4, -0.2) is 33.7 Å². The van der Waals surface area contributed by atoms with E-state index in [-0.39, 0.29) is 22.4 Å². The lowest BCUT2D eigenvalue weighted by Crippen LogP contribution is -2.38. The van der Waals surface area contributed by atoms with Gasteiger partial charge < -0.3 is 16.4 Å². The number of anilines is 2. The maximum atomic E-state index is 11.7. The molecule has 1 amide bonds. The third-order valence-corrected chi connectivity index (χ3v) is 4.84. The molecule has 0 aromatic heterocycles. The number of hydrogen-bond donors (Lipinski definition) is 2. The highest BCUT2D eigenvalue weighted by Crippen LogP contribution is 2.32. The number of amides is 1. The molecule has 0 aliphatic carbocycles. The highest BCUT2D eigenvalue weighted by molar-refractivity contribution is 7.90. The molecule has 1 aromatic rings. The molecule has 1 heterocycles. The third kappa shape index (κ3) is 2.87. The molecule has 0 unspecified atom stereocenters. The molecular formula is C13H19N3O3S. The first-order valence-electron chi connectivity index (χ1n) is 6.43. The Hall–Kier alpha value is -1.76. The number of carbonyl (C=O) groups excluding carboxylic acids is 1. The Morgan fingerprint density at radius 3 is 2.40 bits per heavy atom. The molecule has 0 spiro atoms. The fourth-order valence-corrected chi connectivity index (χ4v) is 3.37. The summed E-state index contributed by atoms with van der Waals surface area (Å²) in [5.41, 5.74) is 12.3. The number of carbonyl (C=O) groups is 1. The fraction of sp³-hybridized carbons (Fsp3) is 0.462. The van der Waals surface area contributed by atoms with Crippen molar-refractivity contribution in [3.05, 3.63) is 18.2 Å². The summed E-state index contributed by atoms with van der Waals surface area (Å²) in [5.74, 6) is -0.381. The number of hydrogen-bond acceptors (Lipinski definition) is 5. The maximum absolute atomic E-state index is 11.7. The number of sulfone groups is 1. The molecule has 1 aliphatic rings. The number of piperidine rings is 1. The van der Waals surface area contributed by atoms with Gasteiger partial charge >= 0.3 is 0 Å². The van der Waals surface area contributed by atoms with Crippen LogP contribution in [0.5, 0.6) is 0 Å². The Kier molecular flexibility index (Phi) is 3.89. The molecule has 2 rings (SSSR count). The van der Waals surface area contributed by atoms with E-state index in [1.54, 1.807) is 12.1 Å². The number of primary amides is 1. The van der Waals surface area contributed by atoms with E-state index in [1.807, 2.05) is 4.90 Å². The zero-order chi connectivity index (χ0) is 14.9. The molecule has 4 N–H and O–H groups in total. The van der Waals surface area contributed by atoms with Crippen LogP contribution in [0.25, 0.3) is 0 Å². The number of nitrogen functional groups attached to an aromatic ring is 1. The summed E-state index contributed by atoms with van der Waals surface area (Å²) in [7, 11) is -3.34. The van der Waals surface area contributed by atoms with Gasteiger partial charge in [0.25, 0.3) is 0 Å². The first kappa shape index (κ1) is 14.6. The smallest absolute Gasteiger partial charge is 0.220 e. The summed E-state index contributed by atoms with van der Waals surface area (Å²) >= 11 is 0. The van der Waals surface area contributed by atoms with Gasteiger partial charge in [-0.1, -0.05) is 6.07 Å². The highest BCUT2D eigenvalue weighted by atomic mass is 32.2. The van der Waals surface area contributed by atoms with Crippen molar-refractivity contribution in [3.8, 4) is 0 Å². The predicted octanol–water partition coefficient (Wildman–Crippen LogP) is 0.374. The number of nitrogens with zero attached hydrogens (tertiary/aromatic N) is 1. The molecule has 1 aliphatic heterocycles. The van der Waals surface area contributed by atoms with Gasteiger partial charge in [0.05, 0.1) is 16.3 Å². The van der Waals surface area contributed by atoms with Gasteiger partial charge in [-0.25, -0.2) is 8.42 Å². The van der Waals surface area contributed by atoms with Crippen molar-refractivity contribution in [2.45, 2.75) is 17.7 Å². The summed E-state index contributed by atoms with van der Waals surface area (Å²) in [6.45, 7) is 1.29. The van der Waals surface area contributed by atoms with Crippen molar-refractivity contribution in [1.82, 2.24) is 0 Å². The van der Waals surface area contributed by atoms with E-state index in [1.165, 1.54) is 6.07 Å². The molecule has 20 heavy (non-hydrogen) atoms. The first-order chi connectivity index (χ1) is 9.30. The van der Waals surface area contributed by atoms with Crippen LogP contribution in [0.1, 0.15) is 12.8 Å². The van der Waals surface area contributed by atoms with E-state index in [0.717, 1.165) is 6.26 Å². The van der Waals surface area contributed by atoms with E-state index in [0.29, 0.717) is 31.6 Å². The van der Waals surface area contributed by atoms with Crippen LogP contribution in [0, 0.1) is 5.92 Å². The summed E-state index contributed by atoms with van der Waals surface area (Å²) in [5, 5.41) is 0. The van der Waals surface area contributed by atoms with Crippen molar-refractivity contribution in [1.29, 1.82) is 0 Å². The van der Waals surface area contributed by atoms with Crippen LogP contribution in [0.3, 0.4) is 0 Å². The van der Waals surface area contributed by atoms with Crippen molar-refractivity contribution < 1.29 is 13.2 Å². The van der Waals surface area contributed by atoms with Crippen molar-refractivity contribution in [2.24, 2.45) is 11.7 Å². The number of nitrogens with two attached hydrogens (primary N) is 2. The Labute approximate surface area is 118 Å². The average Bonchev–Trinajstić information content (AvgIpc) is 2.37. The van der Waals surface area contributed by atoms with E-state index >= 15 is 0 Å². The van der Waals surface area contributed by atoms with Gasteiger partial charge in [0.15, 0.2) is 9.84 Å². The summed E-state index contributed by atoms with van der Waals surface area (Å²) in [6.07, 6.45) is 2.47. The zero-order valence-electron chi connectivity index (χ0n) is 11.4. The Bertz CT molecular complexity index is 620. The number of para-hydroxylation sites is 1. The van der Waals surface area contributed by atoms with Crippen LogP contribution in [0.2, 0.25) is 0 Å². The van der Waals surface area contributed by atoms with Crippen LogP contribution < -0.4 is 16.4 Å². The second-order valence-corrected chi connectivity index (χ2v) is 7.11. The Morgan fingerprint density at radius 2 is 1.90 bits per heavy atom. The second-order valence-electron chi connectivity index (χ2n) is 5.12. The zero-order valence-corrected chi connectivity index (χ0v) is 12.2. The molecule has 0 saturated carbocycles. The van der Waals surface area contributed by atoms with Gasteiger partial charge in [-0.3, -0.25) is 4.79 Å². The van der Waals surface area contributed by atoms with Crippen LogP contribution in [0.15, 0.2) is 23.1 Å². The lowest BCUT2D eigenvalue weighted by atomic mass is 9.96. The topological polar surface area (TPSA) is 106 Å².